The number of ether oxygens (including phenoxy) is 1. The van der Waals surface area contributed by atoms with Crippen molar-refractivity contribution in [3.05, 3.63) is 23.8 Å². The predicted octanol–water partition coefficient (Wildman–Crippen LogP) is 1.41. The third-order valence-corrected chi connectivity index (χ3v) is 3.54. The van der Waals surface area contributed by atoms with Crippen LogP contribution in [-0.2, 0) is 6.54 Å². The highest BCUT2D eigenvalue weighted by Crippen LogP contribution is 2.20. The van der Waals surface area contributed by atoms with Gasteiger partial charge < -0.3 is 15.4 Å². The van der Waals surface area contributed by atoms with Gasteiger partial charge in [0.25, 0.3) is 0 Å². The molecule has 0 aromatic heterocycles. The molecule has 1 heterocycles. The molecule has 0 bridgehead atoms. The summed E-state index contributed by atoms with van der Waals surface area (Å²) in [5.74, 6) is 0.845. The normalized spacial score (nSPS) is 17.9. The molecule has 1 aliphatic rings. The van der Waals surface area contributed by atoms with Crippen LogP contribution in [0, 0.1) is 0 Å². The van der Waals surface area contributed by atoms with Crippen molar-refractivity contribution in [2.45, 2.75) is 13.5 Å². The van der Waals surface area contributed by atoms with Gasteiger partial charge in [0.15, 0.2) is 0 Å². The first-order valence-electron chi connectivity index (χ1n) is 6.59. The van der Waals surface area contributed by atoms with Crippen molar-refractivity contribution in [3.8, 4) is 5.75 Å². The van der Waals surface area contributed by atoms with E-state index in [9.17, 15) is 0 Å². The Balaban J connectivity index is 1.95. The molecule has 0 spiro atoms. The zero-order valence-electron chi connectivity index (χ0n) is 11.4. The smallest absolute Gasteiger partial charge is 0.121 e. The molecule has 2 N–H and O–H groups in total. The fourth-order valence-electron chi connectivity index (χ4n) is 2.42. The number of piperazine rings is 1. The number of nitrogens with two attached hydrogens (primary N) is 1. The second-order valence-corrected chi connectivity index (χ2v) is 4.82. The van der Waals surface area contributed by atoms with Crippen molar-refractivity contribution in [2.24, 2.45) is 0 Å². The Bertz CT molecular complexity index is 387. The van der Waals surface area contributed by atoms with E-state index in [4.69, 9.17) is 10.5 Å². The van der Waals surface area contributed by atoms with Crippen LogP contribution in [0.25, 0.3) is 0 Å². The van der Waals surface area contributed by atoms with E-state index >= 15 is 0 Å². The Kier molecular flexibility index (Phi) is 4.44. The van der Waals surface area contributed by atoms with Gasteiger partial charge in [-0.1, -0.05) is 6.92 Å². The standard InChI is InChI=1S/C14H23N3O/c1-3-16-4-6-17(7-5-16)11-12-8-13(15)10-14(9-12)18-2/h8-10H,3-7,11,15H2,1-2H3. The molecule has 0 unspecified atom stereocenters. The number of likely N-dealkylation sites (N-methyl/N-ethyl adjacent to an activating group) is 1. The molecule has 0 amide bonds. The highest BCUT2D eigenvalue weighted by atomic mass is 16.5. The number of benzene rings is 1. The fourth-order valence-corrected chi connectivity index (χ4v) is 2.42. The summed E-state index contributed by atoms with van der Waals surface area (Å²) in [6.45, 7) is 8.92. The summed E-state index contributed by atoms with van der Waals surface area (Å²) in [5, 5.41) is 0. The number of hydrogen-bond donors (Lipinski definition) is 1. The van der Waals surface area contributed by atoms with Gasteiger partial charge in [-0.25, -0.2) is 0 Å². The van der Waals surface area contributed by atoms with Crippen LogP contribution < -0.4 is 10.5 Å². The summed E-state index contributed by atoms with van der Waals surface area (Å²) in [7, 11) is 1.68. The van der Waals surface area contributed by atoms with Crippen LogP contribution in [0.5, 0.6) is 5.75 Å². The van der Waals surface area contributed by atoms with E-state index in [0.29, 0.717) is 0 Å². The lowest BCUT2D eigenvalue weighted by Crippen LogP contribution is -2.45. The predicted molar refractivity (Wildman–Crippen MR) is 74.8 cm³/mol. The zero-order chi connectivity index (χ0) is 13.0. The highest BCUT2D eigenvalue weighted by molar-refractivity contribution is 5.47. The number of nitrogen functional groups attached to an aromatic ring is 1. The fraction of sp³-hybridized carbons (Fsp3) is 0.571. The molecule has 4 heteroatoms. The Morgan fingerprint density at radius 2 is 1.78 bits per heavy atom. The van der Waals surface area contributed by atoms with Crippen LogP contribution in [0.4, 0.5) is 5.69 Å². The van der Waals surface area contributed by atoms with E-state index in [0.717, 1.165) is 50.7 Å². The number of methoxy groups -OCH3 is 1. The van der Waals surface area contributed by atoms with Gasteiger partial charge in [0.05, 0.1) is 7.11 Å². The molecular formula is C14H23N3O. The summed E-state index contributed by atoms with van der Waals surface area (Å²) < 4.78 is 5.25. The maximum Gasteiger partial charge on any atom is 0.121 e. The molecule has 2 rings (SSSR count). The third-order valence-electron chi connectivity index (χ3n) is 3.54. The first-order valence-corrected chi connectivity index (χ1v) is 6.59. The Morgan fingerprint density at radius 3 is 2.39 bits per heavy atom. The van der Waals surface area contributed by atoms with E-state index in [1.807, 2.05) is 12.1 Å². The van der Waals surface area contributed by atoms with Gasteiger partial charge in [0.2, 0.25) is 0 Å². The second kappa shape index (κ2) is 6.07. The molecule has 1 saturated heterocycles. The second-order valence-electron chi connectivity index (χ2n) is 4.82. The lowest BCUT2D eigenvalue weighted by molar-refractivity contribution is 0.132. The first kappa shape index (κ1) is 13.2. The lowest BCUT2D eigenvalue weighted by atomic mass is 10.1. The Morgan fingerprint density at radius 1 is 1.11 bits per heavy atom. The van der Waals surface area contributed by atoms with Crippen LogP contribution in [0.15, 0.2) is 18.2 Å². The van der Waals surface area contributed by atoms with Crippen LogP contribution in [0.3, 0.4) is 0 Å². The molecule has 1 aromatic rings. The van der Waals surface area contributed by atoms with Crippen molar-refractivity contribution in [1.29, 1.82) is 0 Å². The van der Waals surface area contributed by atoms with Gasteiger partial charge >= 0.3 is 0 Å². The van der Waals surface area contributed by atoms with Gasteiger partial charge in [0, 0.05) is 44.5 Å². The molecule has 18 heavy (non-hydrogen) atoms. The Labute approximate surface area is 109 Å². The van der Waals surface area contributed by atoms with Crippen LogP contribution in [-0.4, -0.2) is 49.6 Å². The van der Waals surface area contributed by atoms with Crippen molar-refractivity contribution in [2.75, 3.05) is 45.6 Å². The zero-order valence-corrected chi connectivity index (χ0v) is 11.4. The molecule has 0 saturated carbocycles. The Hall–Kier alpha value is -1.26. The topological polar surface area (TPSA) is 41.7 Å². The van der Waals surface area contributed by atoms with Crippen LogP contribution in [0.2, 0.25) is 0 Å². The molecule has 1 aliphatic heterocycles. The molecule has 0 aliphatic carbocycles. The average Bonchev–Trinajstić information content (AvgIpc) is 2.39. The van der Waals surface area contributed by atoms with Crippen molar-refractivity contribution in [1.82, 2.24) is 9.80 Å². The minimum atomic E-state index is 0.775. The van der Waals surface area contributed by atoms with E-state index in [1.165, 1.54) is 5.56 Å². The molecule has 1 aromatic carbocycles. The van der Waals surface area contributed by atoms with Crippen molar-refractivity contribution in [3.63, 3.8) is 0 Å². The van der Waals surface area contributed by atoms with Crippen LogP contribution in [0.1, 0.15) is 12.5 Å². The summed E-state index contributed by atoms with van der Waals surface area (Å²) in [6, 6.07) is 5.97. The summed E-state index contributed by atoms with van der Waals surface area (Å²) in [4.78, 5) is 4.96. The van der Waals surface area contributed by atoms with Crippen molar-refractivity contribution >= 4 is 5.69 Å². The monoisotopic (exact) mass is 249 g/mol. The lowest BCUT2D eigenvalue weighted by Gasteiger charge is -2.34. The van der Waals surface area contributed by atoms with E-state index < -0.39 is 0 Å². The maximum absolute atomic E-state index is 5.88. The highest BCUT2D eigenvalue weighted by Gasteiger charge is 2.15. The molecule has 1 fully saturated rings. The van der Waals surface area contributed by atoms with Gasteiger partial charge in [-0.15, -0.1) is 0 Å². The van der Waals surface area contributed by atoms with Crippen LogP contribution >= 0.6 is 0 Å². The number of nitrogens with zero attached hydrogens (tertiary/aromatic N) is 2. The van der Waals surface area contributed by atoms with Gasteiger partial charge in [-0.2, -0.15) is 0 Å². The number of anilines is 1. The number of hydrogen-bond acceptors (Lipinski definition) is 4. The van der Waals surface area contributed by atoms with Gasteiger partial charge in [-0.05, 0) is 24.2 Å². The van der Waals surface area contributed by atoms with Gasteiger partial charge in [0.1, 0.15) is 5.75 Å². The van der Waals surface area contributed by atoms with Crippen molar-refractivity contribution < 1.29 is 4.74 Å². The molecule has 0 radical (unpaired) electrons. The molecule has 100 valence electrons. The van der Waals surface area contributed by atoms with Gasteiger partial charge in [-0.3, -0.25) is 4.90 Å². The maximum atomic E-state index is 5.88. The van der Waals surface area contributed by atoms with E-state index in [1.54, 1.807) is 7.11 Å². The quantitative estimate of drug-likeness (QED) is 0.819. The minimum absolute atomic E-state index is 0.775. The molecule has 0 atom stereocenters. The summed E-state index contributed by atoms with van der Waals surface area (Å²) in [6.07, 6.45) is 0. The first-order chi connectivity index (χ1) is 8.71. The third kappa shape index (κ3) is 3.37. The van der Waals surface area contributed by atoms with E-state index in [-0.39, 0.29) is 0 Å². The molecule has 4 nitrogen and oxygen atoms in total. The van der Waals surface area contributed by atoms with E-state index in [2.05, 4.69) is 22.8 Å². The summed E-state index contributed by atoms with van der Waals surface area (Å²) >= 11 is 0. The number of rotatable bonds is 4. The molecular weight excluding hydrogens is 226 g/mol. The average molecular weight is 249 g/mol. The summed E-state index contributed by atoms with van der Waals surface area (Å²) in [5.41, 5.74) is 7.88. The SMILES string of the molecule is CCN1CCN(Cc2cc(N)cc(OC)c2)CC1. The largest absolute Gasteiger partial charge is 0.497 e. The minimum Gasteiger partial charge on any atom is -0.497 e.